The van der Waals surface area contributed by atoms with Gasteiger partial charge in [0.2, 0.25) is 0 Å². The molecular weight excluding hydrogens is 216 g/mol. The molecule has 2 nitrogen and oxygen atoms in total. The Morgan fingerprint density at radius 3 is 2.75 bits per heavy atom. The van der Waals surface area contributed by atoms with E-state index in [1.807, 2.05) is 11.8 Å². The summed E-state index contributed by atoms with van der Waals surface area (Å²) in [6, 6.07) is 1.50. The predicted octanol–water partition coefficient (Wildman–Crippen LogP) is 2.45. The van der Waals surface area contributed by atoms with Crippen LogP contribution in [0.3, 0.4) is 0 Å². The zero-order chi connectivity index (χ0) is 12.0. The van der Waals surface area contributed by atoms with Gasteiger partial charge in [0.1, 0.15) is 0 Å². The van der Waals surface area contributed by atoms with Gasteiger partial charge in [0.15, 0.2) is 0 Å². The summed E-state index contributed by atoms with van der Waals surface area (Å²) in [4.78, 5) is 2.69. The molecule has 0 saturated carbocycles. The lowest BCUT2D eigenvalue weighted by Gasteiger charge is -2.39. The Bertz CT molecular complexity index is 185. The van der Waals surface area contributed by atoms with Crippen LogP contribution in [0.15, 0.2) is 0 Å². The Kier molecular flexibility index (Phi) is 6.78. The molecule has 1 saturated heterocycles. The van der Waals surface area contributed by atoms with Crippen LogP contribution in [-0.2, 0) is 0 Å². The molecule has 0 bridgehead atoms. The molecule has 1 aliphatic rings. The van der Waals surface area contributed by atoms with E-state index in [2.05, 4.69) is 37.2 Å². The highest BCUT2D eigenvalue weighted by Crippen LogP contribution is 2.15. The third-order valence-corrected chi connectivity index (χ3v) is 4.11. The van der Waals surface area contributed by atoms with Crippen molar-refractivity contribution in [3.8, 4) is 0 Å². The van der Waals surface area contributed by atoms with Crippen molar-refractivity contribution < 1.29 is 0 Å². The van der Waals surface area contributed by atoms with Crippen LogP contribution in [0.1, 0.15) is 33.6 Å². The second-order valence-corrected chi connectivity index (χ2v) is 6.20. The van der Waals surface area contributed by atoms with Crippen molar-refractivity contribution in [3.05, 3.63) is 0 Å². The van der Waals surface area contributed by atoms with Crippen molar-refractivity contribution in [2.75, 3.05) is 31.6 Å². The van der Waals surface area contributed by atoms with Crippen LogP contribution in [0.4, 0.5) is 0 Å². The third kappa shape index (κ3) is 4.64. The van der Waals surface area contributed by atoms with Gasteiger partial charge in [-0.25, -0.2) is 0 Å². The minimum atomic E-state index is 0.713. The lowest BCUT2D eigenvalue weighted by atomic mass is 10.0. The number of hydrogen-bond acceptors (Lipinski definition) is 3. The average molecular weight is 244 g/mol. The number of hydrogen-bond donors (Lipinski definition) is 1. The van der Waals surface area contributed by atoms with Crippen molar-refractivity contribution in [2.45, 2.75) is 45.7 Å². The monoisotopic (exact) mass is 244 g/mol. The van der Waals surface area contributed by atoms with Crippen molar-refractivity contribution >= 4 is 11.8 Å². The molecule has 0 radical (unpaired) electrons. The molecule has 1 rings (SSSR count). The Labute approximate surface area is 106 Å². The summed E-state index contributed by atoms with van der Waals surface area (Å²) in [7, 11) is 0. The first-order valence-electron chi connectivity index (χ1n) is 6.63. The topological polar surface area (TPSA) is 15.3 Å². The van der Waals surface area contributed by atoms with Gasteiger partial charge in [-0.15, -0.1) is 0 Å². The normalized spacial score (nSPS) is 24.9. The zero-order valence-corrected chi connectivity index (χ0v) is 12.1. The summed E-state index contributed by atoms with van der Waals surface area (Å²) in [5.41, 5.74) is 0. The van der Waals surface area contributed by atoms with Gasteiger partial charge >= 0.3 is 0 Å². The molecule has 0 aromatic rings. The minimum Gasteiger partial charge on any atom is -0.311 e. The molecule has 1 aliphatic heterocycles. The summed E-state index contributed by atoms with van der Waals surface area (Å²) in [5, 5.41) is 3.65. The third-order valence-electron chi connectivity index (χ3n) is 3.39. The van der Waals surface area contributed by atoms with E-state index < -0.39 is 0 Å². The first kappa shape index (κ1) is 14.3. The summed E-state index contributed by atoms with van der Waals surface area (Å²) in [6.07, 6.45) is 4.82. The molecule has 0 spiro atoms. The first-order chi connectivity index (χ1) is 7.67. The average Bonchev–Trinajstić information content (AvgIpc) is 2.25. The van der Waals surface area contributed by atoms with Crippen LogP contribution in [-0.4, -0.2) is 48.6 Å². The van der Waals surface area contributed by atoms with Gasteiger partial charge in [0.25, 0.3) is 0 Å². The number of nitrogens with zero attached hydrogens (tertiary/aromatic N) is 1. The van der Waals surface area contributed by atoms with Crippen molar-refractivity contribution in [1.82, 2.24) is 10.2 Å². The highest BCUT2D eigenvalue weighted by Gasteiger charge is 2.24. The fraction of sp³-hybridized carbons (Fsp3) is 1.00. The highest BCUT2D eigenvalue weighted by molar-refractivity contribution is 7.98. The fourth-order valence-corrected chi connectivity index (χ4v) is 3.41. The van der Waals surface area contributed by atoms with E-state index in [9.17, 15) is 0 Å². The van der Waals surface area contributed by atoms with Crippen molar-refractivity contribution in [1.29, 1.82) is 0 Å². The molecule has 0 aromatic carbocycles. The molecule has 16 heavy (non-hydrogen) atoms. The van der Waals surface area contributed by atoms with E-state index in [-0.39, 0.29) is 0 Å². The van der Waals surface area contributed by atoms with Crippen LogP contribution in [0.2, 0.25) is 0 Å². The van der Waals surface area contributed by atoms with Crippen LogP contribution in [0.5, 0.6) is 0 Å². The number of thioether (sulfide) groups is 1. The first-order valence-corrected chi connectivity index (χ1v) is 8.03. The molecule has 0 amide bonds. The van der Waals surface area contributed by atoms with E-state index in [4.69, 9.17) is 0 Å². The van der Waals surface area contributed by atoms with Gasteiger partial charge in [-0.2, -0.15) is 11.8 Å². The molecule has 2 unspecified atom stereocenters. The lowest BCUT2D eigenvalue weighted by molar-refractivity contribution is 0.143. The largest absolute Gasteiger partial charge is 0.311 e. The Balaban J connectivity index is 2.41. The SMILES string of the molecule is CCC(CSC)N1CCNC(CC(C)C)C1. The molecule has 0 aliphatic carbocycles. The maximum absolute atomic E-state index is 3.65. The maximum Gasteiger partial charge on any atom is 0.0198 e. The summed E-state index contributed by atoms with van der Waals surface area (Å²) in [6.45, 7) is 10.6. The van der Waals surface area contributed by atoms with Gasteiger partial charge in [-0.3, -0.25) is 4.90 Å². The molecular formula is C13H28N2S. The number of piperazine rings is 1. The molecule has 2 atom stereocenters. The zero-order valence-electron chi connectivity index (χ0n) is 11.3. The van der Waals surface area contributed by atoms with Crippen molar-refractivity contribution in [3.63, 3.8) is 0 Å². The molecule has 0 aromatic heterocycles. The Hall–Kier alpha value is 0.270. The lowest BCUT2D eigenvalue weighted by Crippen LogP contribution is -2.54. The molecule has 1 heterocycles. The predicted molar refractivity (Wildman–Crippen MR) is 75.3 cm³/mol. The van der Waals surface area contributed by atoms with Crippen LogP contribution >= 0.6 is 11.8 Å². The number of rotatable bonds is 6. The fourth-order valence-electron chi connectivity index (χ4n) is 2.58. The minimum absolute atomic E-state index is 0.713. The van der Waals surface area contributed by atoms with Crippen LogP contribution in [0.25, 0.3) is 0 Å². The molecule has 3 heteroatoms. The second kappa shape index (κ2) is 7.57. The summed E-state index contributed by atoms with van der Waals surface area (Å²) >= 11 is 1.98. The van der Waals surface area contributed by atoms with Crippen LogP contribution in [0, 0.1) is 5.92 Å². The van der Waals surface area contributed by atoms with Gasteiger partial charge in [0.05, 0.1) is 0 Å². The van der Waals surface area contributed by atoms with Crippen LogP contribution < -0.4 is 5.32 Å². The smallest absolute Gasteiger partial charge is 0.0198 e. The molecule has 1 N–H and O–H groups in total. The number of nitrogens with one attached hydrogen (secondary N) is 1. The molecule has 96 valence electrons. The van der Waals surface area contributed by atoms with E-state index in [0.717, 1.165) is 12.0 Å². The molecule has 1 fully saturated rings. The standard InChI is InChI=1S/C13H28N2S/c1-5-13(10-16-4)15-7-6-14-12(9-15)8-11(2)3/h11-14H,5-10H2,1-4H3. The maximum atomic E-state index is 3.65. The van der Waals surface area contributed by atoms with Gasteiger partial charge in [0, 0.05) is 37.5 Å². The highest BCUT2D eigenvalue weighted by atomic mass is 32.2. The summed E-state index contributed by atoms with van der Waals surface area (Å²) in [5.74, 6) is 2.09. The van der Waals surface area contributed by atoms with Gasteiger partial charge in [-0.1, -0.05) is 20.8 Å². The van der Waals surface area contributed by atoms with Crippen molar-refractivity contribution in [2.24, 2.45) is 5.92 Å². The summed E-state index contributed by atoms with van der Waals surface area (Å²) < 4.78 is 0. The van der Waals surface area contributed by atoms with Gasteiger partial charge < -0.3 is 5.32 Å². The van der Waals surface area contributed by atoms with E-state index in [1.165, 1.54) is 38.2 Å². The Morgan fingerprint density at radius 1 is 1.44 bits per heavy atom. The van der Waals surface area contributed by atoms with E-state index in [1.54, 1.807) is 0 Å². The van der Waals surface area contributed by atoms with E-state index in [0.29, 0.717) is 6.04 Å². The second-order valence-electron chi connectivity index (χ2n) is 5.29. The van der Waals surface area contributed by atoms with E-state index >= 15 is 0 Å². The van der Waals surface area contributed by atoms with Gasteiger partial charge in [-0.05, 0) is 25.0 Å². The quantitative estimate of drug-likeness (QED) is 0.772. The Morgan fingerprint density at radius 2 is 2.19 bits per heavy atom.